The van der Waals surface area contributed by atoms with Crippen molar-refractivity contribution >= 4 is 5.84 Å². The molecule has 4 heteroatoms. The number of amidine groups is 1. The summed E-state index contributed by atoms with van der Waals surface area (Å²) in [6, 6.07) is 5.97. The average molecular weight is 220 g/mol. The lowest BCUT2D eigenvalue weighted by molar-refractivity contribution is 0.275. The largest absolute Gasteiger partial charge is 0.388 e. The summed E-state index contributed by atoms with van der Waals surface area (Å²) in [6.45, 7) is 4.97. The number of hydrogen-bond acceptors (Lipinski definition) is 3. The Labute approximate surface area is 97.0 Å². The summed E-state index contributed by atoms with van der Waals surface area (Å²) in [4.78, 5) is 6.61. The molecular weight excluding hydrogens is 200 g/mol. The van der Waals surface area contributed by atoms with Gasteiger partial charge in [-0.1, -0.05) is 13.0 Å². The Hall–Kier alpha value is -1.42. The predicted molar refractivity (Wildman–Crippen MR) is 66.3 cm³/mol. The van der Waals surface area contributed by atoms with Crippen LogP contribution in [0.3, 0.4) is 0 Å². The van der Waals surface area contributed by atoms with Gasteiger partial charge in [0.05, 0.1) is 11.5 Å². The van der Waals surface area contributed by atoms with Gasteiger partial charge in [-0.2, -0.15) is 0 Å². The first-order chi connectivity index (χ1) is 7.72. The number of nitrogens with two attached hydrogens (primary N) is 1. The van der Waals surface area contributed by atoms with Gasteiger partial charge in [0, 0.05) is 19.2 Å². The zero-order valence-electron chi connectivity index (χ0n) is 9.82. The Morgan fingerprint density at radius 2 is 2.31 bits per heavy atom. The van der Waals surface area contributed by atoms with Gasteiger partial charge in [-0.3, -0.25) is 15.3 Å². The maximum Gasteiger partial charge on any atom is 0.0905 e. The third-order valence-electron chi connectivity index (χ3n) is 2.48. The van der Waals surface area contributed by atoms with Crippen molar-refractivity contribution in [2.75, 3.05) is 13.1 Å². The van der Waals surface area contributed by atoms with E-state index >= 15 is 0 Å². The second-order valence-electron chi connectivity index (χ2n) is 3.82. The highest BCUT2D eigenvalue weighted by Crippen LogP contribution is 2.02. The van der Waals surface area contributed by atoms with E-state index in [2.05, 4.69) is 16.8 Å². The molecule has 1 aromatic rings. The Kier molecular flexibility index (Phi) is 5.50. The van der Waals surface area contributed by atoms with Crippen LogP contribution in [-0.4, -0.2) is 28.8 Å². The maximum absolute atomic E-state index is 7.16. The SMILES string of the molecule is CCN(CCCC(=N)N)Cc1ccccn1. The van der Waals surface area contributed by atoms with Crippen LogP contribution in [0.1, 0.15) is 25.5 Å². The molecule has 0 aliphatic rings. The summed E-state index contributed by atoms with van der Waals surface area (Å²) in [5, 5.41) is 7.16. The van der Waals surface area contributed by atoms with Crippen LogP contribution in [-0.2, 0) is 6.54 Å². The normalized spacial score (nSPS) is 10.6. The molecular formula is C12H20N4. The van der Waals surface area contributed by atoms with Crippen molar-refractivity contribution in [3.05, 3.63) is 30.1 Å². The first-order valence-electron chi connectivity index (χ1n) is 5.67. The van der Waals surface area contributed by atoms with E-state index in [4.69, 9.17) is 11.1 Å². The second-order valence-corrected chi connectivity index (χ2v) is 3.82. The first-order valence-corrected chi connectivity index (χ1v) is 5.67. The number of nitrogens with one attached hydrogen (secondary N) is 1. The smallest absolute Gasteiger partial charge is 0.0905 e. The molecule has 16 heavy (non-hydrogen) atoms. The fourth-order valence-electron chi connectivity index (χ4n) is 1.56. The van der Waals surface area contributed by atoms with E-state index in [0.717, 1.165) is 31.7 Å². The molecule has 0 bridgehead atoms. The fraction of sp³-hybridized carbons (Fsp3) is 0.500. The van der Waals surface area contributed by atoms with Crippen molar-refractivity contribution in [1.82, 2.24) is 9.88 Å². The molecule has 4 nitrogen and oxygen atoms in total. The Morgan fingerprint density at radius 3 is 2.88 bits per heavy atom. The van der Waals surface area contributed by atoms with Crippen LogP contribution in [0.15, 0.2) is 24.4 Å². The Bertz CT molecular complexity index is 310. The van der Waals surface area contributed by atoms with Crippen LogP contribution in [0.5, 0.6) is 0 Å². The van der Waals surface area contributed by atoms with E-state index in [-0.39, 0.29) is 5.84 Å². The average Bonchev–Trinajstić information content (AvgIpc) is 2.28. The van der Waals surface area contributed by atoms with Crippen LogP contribution in [0.2, 0.25) is 0 Å². The molecule has 0 aliphatic heterocycles. The lowest BCUT2D eigenvalue weighted by atomic mass is 10.2. The number of nitrogens with zero attached hydrogens (tertiary/aromatic N) is 2. The molecule has 0 amide bonds. The molecule has 0 saturated carbocycles. The van der Waals surface area contributed by atoms with Gasteiger partial charge >= 0.3 is 0 Å². The molecule has 1 heterocycles. The van der Waals surface area contributed by atoms with Crippen LogP contribution < -0.4 is 5.73 Å². The van der Waals surface area contributed by atoms with E-state index in [0.29, 0.717) is 6.42 Å². The molecule has 0 atom stereocenters. The molecule has 0 radical (unpaired) electrons. The molecule has 0 fully saturated rings. The van der Waals surface area contributed by atoms with Gasteiger partial charge in [-0.15, -0.1) is 0 Å². The molecule has 0 unspecified atom stereocenters. The van der Waals surface area contributed by atoms with Crippen LogP contribution in [0, 0.1) is 5.41 Å². The number of pyridine rings is 1. The molecule has 0 aromatic carbocycles. The van der Waals surface area contributed by atoms with E-state index < -0.39 is 0 Å². The minimum Gasteiger partial charge on any atom is -0.388 e. The minimum absolute atomic E-state index is 0.272. The lowest BCUT2D eigenvalue weighted by Gasteiger charge is -2.19. The van der Waals surface area contributed by atoms with Crippen LogP contribution in [0.25, 0.3) is 0 Å². The molecule has 88 valence electrons. The van der Waals surface area contributed by atoms with E-state index in [1.54, 1.807) is 0 Å². The van der Waals surface area contributed by atoms with Gasteiger partial charge in [0.15, 0.2) is 0 Å². The standard InChI is InChI=1S/C12H20N4/c1-2-16(9-5-7-12(13)14)10-11-6-3-4-8-15-11/h3-4,6,8H,2,5,7,9-10H2,1H3,(H3,13,14). The van der Waals surface area contributed by atoms with Crippen LogP contribution in [0.4, 0.5) is 0 Å². The highest BCUT2D eigenvalue weighted by Gasteiger charge is 2.04. The third kappa shape index (κ3) is 4.89. The molecule has 0 spiro atoms. The molecule has 1 aromatic heterocycles. The zero-order chi connectivity index (χ0) is 11.8. The van der Waals surface area contributed by atoms with Gasteiger partial charge < -0.3 is 5.73 Å². The topological polar surface area (TPSA) is 66.0 Å². The van der Waals surface area contributed by atoms with E-state index in [1.165, 1.54) is 0 Å². The van der Waals surface area contributed by atoms with Gasteiger partial charge in [0.1, 0.15) is 0 Å². The van der Waals surface area contributed by atoms with Gasteiger partial charge in [-0.25, -0.2) is 0 Å². The number of rotatable bonds is 7. The zero-order valence-corrected chi connectivity index (χ0v) is 9.82. The van der Waals surface area contributed by atoms with Gasteiger partial charge in [0.2, 0.25) is 0 Å². The van der Waals surface area contributed by atoms with Crippen molar-refractivity contribution in [1.29, 1.82) is 5.41 Å². The first kappa shape index (κ1) is 12.6. The second kappa shape index (κ2) is 6.95. The van der Waals surface area contributed by atoms with Crippen molar-refractivity contribution in [2.45, 2.75) is 26.3 Å². The van der Waals surface area contributed by atoms with Crippen molar-refractivity contribution in [2.24, 2.45) is 5.73 Å². The Balaban J connectivity index is 2.34. The molecule has 3 N–H and O–H groups in total. The van der Waals surface area contributed by atoms with Crippen molar-refractivity contribution in [3.8, 4) is 0 Å². The molecule has 0 saturated heterocycles. The highest BCUT2D eigenvalue weighted by atomic mass is 15.1. The van der Waals surface area contributed by atoms with Gasteiger partial charge in [0.25, 0.3) is 0 Å². The summed E-state index contributed by atoms with van der Waals surface area (Å²) in [6.07, 6.45) is 3.44. The lowest BCUT2D eigenvalue weighted by Crippen LogP contribution is -2.25. The minimum atomic E-state index is 0.272. The van der Waals surface area contributed by atoms with E-state index in [9.17, 15) is 0 Å². The quantitative estimate of drug-likeness (QED) is 0.542. The molecule has 1 rings (SSSR count). The Morgan fingerprint density at radius 1 is 1.50 bits per heavy atom. The van der Waals surface area contributed by atoms with Crippen molar-refractivity contribution < 1.29 is 0 Å². The third-order valence-corrected chi connectivity index (χ3v) is 2.48. The van der Waals surface area contributed by atoms with E-state index in [1.807, 2.05) is 24.4 Å². The summed E-state index contributed by atoms with van der Waals surface area (Å²) in [5.74, 6) is 0.272. The fourth-order valence-corrected chi connectivity index (χ4v) is 1.56. The van der Waals surface area contributed by atoms with Crippen molar-refractivity contribution in [3.63, 3.8) is 0 Å². The highest BCUT2D eigenvalue weighted by molar-refractivity contribution is 5.76. The summed E-state index contributed by atoms with van der Waals surface area (Å²) >= 11 is 0. The summed E-state index contributed by atoms with van der Waals surface area (Å²) in [5.41, 5.74) is 6.42. The van der Waals surface area contributed by atoms with Gasteiger partial charge in [-0.05, 0) is 31.6 Å². The number of aromatic nitrogens is 1. The van der Waals surface area contributed by atoms with Crippen LogP contribution >= 0.6 is 0 Å². The maximum atomic E-state index is 7.16. The summed E-state index contributed by atoms with van der Waals surface area (Å²) in [7, 11) is 0. The monoisotopic (exact) mass is 220 g/mol. The molecule has 0 aliphatic carbocycles. The number of hydrogen-bond donors (Lipinski definition) is 2. The summed E-state index contributed by atoms with van der Waals surface area (Å²) < 4.78 is 0. The predicted octanol–water partition coefficient (Wildman–Crippen LogP) is 1.62.